The largest absolute Gasteiger partial charge is 0.394 e. The van der Waals surface area contributed by atoms with Gasteiger partial charge in [0.1, 0.15) is 0 Å². The highest BCUT2D eigenvalue weighted by atomic mass is 16.3. The van der Waals surface area contributed by atoms with Crippen molar-refractivity contribution in [3.8, 4) is 0 Å². The lowest BCUT2D eigenvalue weighted by Crippen LogP contribution is -2.46. The number of aliphatic hydroxyl groups is 2. The molecule has 0 aromatic rings. The van der Waals surface area contributed by atoms with Crippen LogP contribution in [0.3, 0.4) is 0 Å². The van der Waals surface area contributed by atoms with E-state index in [0.717, 1.165) is 0 Å². The van der Waals surface area contributed by atoms with Crippen molar-refractivity contribution in [1.82, 2.24) is 5.32 Å². The number of nitrogens with one attached hydrogen (secondary N) is 1. The molecule has 4 heteroatoms. The average Bonchev–Trinajstić information content (AvgIpc) is 2.63. The van der Waals surface area contributed by atoms with Crippen molar-refractivity contribution in [1.29, 1.82) is 0 Å². The first kappa shape index (κ1) is 8.49. The Morgan fingerprint density at radius 1 is 1.73 bits per heavy atom. The molecule has 4 nitrogen and oxygen atoms in total. The molecule has 1 rings (SSSR count). The maximum Gasteiger partial charge on any atom is 0.217 e. The SMILES string of the molecule is CC(=O)N[C@@H](CO)C1(O)CC1. The quantitative estimate of drug-likeness (QED) is 0.495. The van der Waals surface area contributed by atoms with Gasteiger partial charge in [-0.2, -0.15) is 0 Å². The molecule has 64 valence electrons. The molecule has 0 unspecified atom stereocenters. The monoisotopic (exact) mass is 159 g/mol. The molecule has 0 aromatic carbocycles. The van der Waals surface area contributed by atoms with Crippen LogP contribution >= 0.6 is 0 Å². The molecule has 0 bridgehead atoms. The molecule has 11 heavy (non-hydrogen) atoms. The molecule has 0 saturated heterocycles. The first-order valence-corrected chi connectivity index (χ1v) is 3.69. The van der Waals surface area contributed by atoms with Gasteiger partial charge in [-0.15, -0.1) is 0 Å². The summed E-state index contributed by atoms with van der Waals surface area (Å²) in [5.41, 5.74) is -0.833. The zero-order valence-corrected chi connectivity index (χ0v) is 6.50. The maximum atomic E-state index is 10.6. The van der Waals surface area contributed by atoms with Crippen LogP contribution in [0.2, 0.25) is 0 Å². The van der Waals surface area contributed by atoms with Crippen molar-refractivity contribution in [2.75, 3.05) is 6.61 Å². The normalized spacial score (nSPS) is 22.5. The molecule has 1 atom stereocenters. The van der Waals surface area contributed by atoms with E-state index in [2.05, 4.69) is 5.32 Å². The lowest BCUT2D eigenvalue weighted by Gasteiger charge is -2.20. The first-order valence-electron chi connectivity index (χ1n) is 3.69. The van der Waals surface area contributed by atoms with E-state index in [0.29, 0.717) is 12.8 Å². The van der Waals surface area contributed by atoms with E-state index in [4.69, 9.17) is 5.11 Å². The second-order valence-corrected chi connectivity index (χ2v) is 3.04. The zero-order valence-electron chi connectivity index (χ0n) is 6.50. The van der Waals surface area contributed by atoms with Crippen molar-refractivity contribution < 1.29 is 15.0 Å². The molecule has 0 radical (unpaired) electrons. The number of hydrogen-bond acceptors (Lipinski definition) is 3. The highest BCUT2D eigenvalue weighted by Gasteiger charge is 2.47. The summed E-state index contributed by atoms with van der Waals surface area (Å²) in [6.45, 7) is 1.17. The Labute approximate surface area is 65.2 Å². The van der Waals surface area contributed by atoms with Gasteiger partial charge < -0.3 is 15.5 Å². The molecular formula is C7H13NO3. The summed E-state index contributed by atoms with van der Waals surface area (Å²) in [5.74, 6) is -0.218. The summed E-state index contributed by atoms with van der Waals surface area (Å²) < 4.78 is 0. The highest BCUT2D eigenvalue weighted by molar-refractivity contribution is 5.73. The molecule has 0 heterocycles. The van der Waals surface area contributed by atoms with E-state index < -0.39 is 11.6 Å². The third kappa shape index (κ3) is 1.91. The molecule has 0 aliphatic heterocycles. The molecule has 1 saturated carbocycles. The molecule has 1 amide bonds. The molecular weight excluding hydrogens is 146 g/mol. The Hall–Kier alpha value is -0.610. The molecule has 0 spiro atoms. The van der Waals surface area contributed by atoms with E-state index in [9.17, 15) is 9.90 Å². The zero-order chi connectivity index (χ0) is 8.48. The van der Waals surface area contributed by atoms with Gasteiger partial charge in [0.05, 0.1) is 18.2 Å². The Bertz CT molecular complexity index is 165. The number of carbonyl (C=O) groups excluding carboxylic acids is 1. The number of hydrogen-bond donors (Lipinski definition) is 3. The van der Waals surface area contributed by atoms with Crippen molar-refractivity contribution >= 4 is 5.91 Å². The second kappa shape index (κ2) is 2.79. The summed E-state index contributed by atoms with van der Waals surface area (Å²) in [4.78, 5) is 10.6. The molecule has 0 aromatic heterocycles. The van der Waals surface area contributed by atoms with Gasteiger partial charge in [0.15, 0.2) is 0 Å². The van der Waals surface area contributed by atoms with Crippen LogP contribution in [0.5, 0.6) is 0 Å². The molecule has 1 aliphatic rings. The number of aliphatic hydroxyl groups excluding tert-OH is 1. The Morgan fingerprint density at radius 2 is 2.27 bits per heavy atom. The Kier molecular flexibility index (Phi) is 2.15. The Balaban J connectivity index is 2.43. The van der Waals surface area contributed by atoms with Gasteiger partial charge >= 0.3 is 0 Å². The predicted octanol–water partition coefficient (Wildman–Crippen LogP) is -0.992. The summed E-state index contributed by atoms with van der Waals surface area (Å²) in [5, 5.41) is 20.7. The molecule has 1 aliphatic carbocycles. The van der Waals surface area contributed by atoms with E-state index >= 15 is 0 Å². The standard InChI is InChI=1S/C7H13NO3/c1-5(10)8-6(4-9)7(11)2-3-7/h6,9,11H,2-4H2,1H3,(H,8,10)/t6-/m0/s1. The van der Waals surface area contributed by atoms with Gasteiger partial charge in [-0.3, -0.25) is 4.79 Å². The van der Waals surface area contributed by atoms with Gasteiger partial charge in [0.2, 0.25) is 5.91 Å². The minimum atomic E-state index is -0.833. The third-order valence-corrected chi connectivity index (χ3v) is 1.97. The van der Waals surface area contributed by atoms with Crippen molar-refractivity contribution in [3.63, 3.8) is 0 Å². The summed E-state index contributed by atoms with van der Waals surface area (Å²) in [6, 6.07) is -0.486. The van der Waals surface area contributed by atoms with Crippen molar-refractivity contribution in [2.24, 2.45) is 0 Å². The fraction of sp³-hybridized carbons (Fsp3) is 0.857. The number of rotatable bonds is 3. The maximum absolute atomic E-state index is 10.6. The second-order valence-electron chi connectivity index (χ2n) is 3.04. The smallest absolute Gasteiger partial charge is 0.217 e. The van der Waals surface area contributed by atoms with Gasteiger partial charge in [0, 0.05) is 6.92 Å². The first-order chi connectivity index (χ1) is 5.08. The number of amides is 1. The van der Waals surface area contributed by atoms with Gasteiger partial charge in [-0.25, -0.2) is 0 Å². The van der Waals surface area contributed by atoms with Crippen LogP contribution in [0.1, 0.15) is 19.8 Å². The summed E-state index contributed by atoms with van der Waals surface area (Å²) >= 11 is 0. The van der Waals surface area contributed by atoms with E-state index in [-0.39, 0.29) is 12.5 Å². The Morgan fingerprint density at radius 3 is 2.55 bits per heavy atom. The lowest BCUT2D eigenvalue weighted by molar-refractivity contribution is -0.121. The van der Waals surface area contributed by atoms with Crippen LogP contribution in [-0.2, 0) is 4.79 Å². The van der Waals surface area contributed by atoms with E-state index in [1.54, 1.807) is 0 Å². The predicted molar refractivity (Wildman–Crippen MR) is 38.9 cm³/mol. The minimum absolute atomic E-state index is 0.198. The van der Waals surface area contributed by atoms with Crippen LogP contribution in [0.4, 0.5) is 0 Å². The van der Waals surface area contributed by atoms with Crippen molar-refractivity contribution in [2.45, 2.75) is 31.4 Å². The topological polar surface area (TPSA) is 69.6 Å². The van der Waals surface area contributed by atoms with Crippen molar-refractivity contribution in [3.05, 3.63) is 0 Å². The highest BCUT2D eigenvalue weighted by Crippen LogP contribution is 2.38. The van der Waals surface area contributed by atoms with E-state index in [1.165, 1.54) is 6.92 Å². The van der Waals surface area contributed by atoms with Crippen LogP contribution < -0.4 is 5.32 Å². The molecule has 3 N–H and O–H groups in total. The average molecular weight is 159 g/mol. The van der Waals surface area contributed by atoms with Crippen LogP contribution in [0, 0.1) is 0 Å². The fourth-order valence-electron chi connectivity index (χ4n) is 1.07. The van der Waals surface area contributed by atoms with Crippen LogP contribution in [-0.4, -0.2) is 34.4 Å². The summed E-state index contributed by atoms with van der Waals surface area (Å²) in [6.07, 6.45) is 1.33. The van der Waals surface area contributed by atoms with Gasteiger partial charge in [-0.05, 0) is 12.8 Å². The van der Waals surface area contributed by atoms with Crippen LogP contribution in [0.25, 0.3) is 0 Å². The van der Waals surface area contributed by atoms with Gasteiger partial charge in [-0.1, -0.05) is 0 Å². The minimum Gasteiger partial charge on any atom is -0.394 e. The lowest BCUT2D eigenvalue weighted by atomic mass is 10.1. The van der Waals surface area contributed by atoms with Crippen LogP contribution in [0.15, 0.2) is 0 Å². The van der Waals surface area contributed by atoms with E-state index in [1.807, 2.05) is 0 Å². The summed E-state index contributed by atoms with van der Waals surface area (Å²) in [7, 11) is 0. The third-order valence-electron chi connectivity index (χ3n) is 1.97. The fourth-order valence-corrected chi connectivity index (χ4v) is 1.07. The van der Waals surface area contributed by atoms with Gasteiger partial charge in [0.25, 0.3) is 0 Å². The number of carbonyl (C=O) groups is 1. The molecule has 1 fully saturated rings.